The second-order valence-corrected chi connectivity index (χ2v) is 8.11. The molecule has 2 aromatic rings. The summed E-state index contributed by atoms with van der Waals surface area (Å²) in [5.41, 5.74) is 0.712. The molecule has 2 bridgehead atoms. The Morgan fingerprint density at radius 1 is 1.28 bits per heavy atom. The summed E-state index contributed by atoms with van der Waals surface area (Å²) in [5.74, 6) is 1.44. The van der Waals surface area contributed by atoms with Crippen LogP contribution < -0.4 is 5.32 Å². The van der Waals surface area contributed by atoms with Crippen LogP contribution in [0.15, 0.2) is 44.8 Å². The molecule has 3 fully saturated rings. The second kappa shape index (κ2) is 6.84. The van der Waals surface area contributed by atoms with Crippen molar-refractivity contribution in [1.29, 1.82) is 0 Å². The van der Waals surface area contributed by atoms with Gasteiger partial charge in [-0.3, -0.25) is 9.69 Å². The fraction of sp³-hybridized carbons (Fsp3) is 0.474. The van der Waals surface area contributed by atoms with Crippen LogP contribution in [-0.2, 0) is 0 Å². The highest BCUT2D eigenvalue weighted by Gasteiger charge is 2.40. The first kappa shape index (κ1) is 16.7. The molecule has 4 heterocycles. The molecule has 1 aromatic carbocycles. The third kappa shape index (κ3) is 3.46. The zero-order valence-corrected chi connectivity index (χ0v) is 15.4. The van der Waals surface area contributed by atoms with Gasteiger partial charge in [0.05, 0.1) is 0 Å². The number of nitrogens with one attached hydrogen (secondary N) is 1. The molecule has 25 heavy (non-hydrogen) atoms. The third-order valence-corrected chi connectivity index (χ3v) is 6.33. The number of amides is 1. The minimum atomic E-state index is 0.0273. The van der Waals surface area contributed by atoms with Crippen LogP contribution in [-0.4, -0.2) is 41.1 Å². The molecule has 0 saturated carbocycles. The lowest BCUT2D eigenvalue weighted by Crippen LogP contribution is -2.62. The Labute approximate surface area is 152 Å². The van der Waals surface area contributed by atoms with E-state index in [1.54, 1.807) is 0 Å². The van der Waals surface area contributed by atoms with Gasteiger partial charge in [-0.1, -0.05) is 16.9 Å². The zero-order valence-electron chi connectivity index (χ0n) is 14.6. The molecule has 2 atom stereocenters. The quantitative estimate of drug-likeness (QED) is 0.909. The molecule has 6 heteroatoms. The van der Waals surface area contributed by atoms with E-state index in [2.05, 4.69) is 22.3 Å². The number of nitrogens with zero attached hydrogens (tertiary/aromatic N) is 2. The number of fused-ring (bicyclic) bond motifs is 3. The van der Waals surface area contributed by atoms with Crippen LogP contribution >= 0.6 is 11.8 Å². The lowest BCUT2D eigenvalue weighted by Gasteiger charge is -2.49. The van der Waals surface area contributed by atoms with Crippen LogP contribution in [0.5, 0.6) is 0 Å². The van der Waals surface area contributed by atoms with Gasteiger partial charge in [-0.15, -0.1) is 0 Å². The molecule has 1 N–H and O–H groups in total. The van der Waals surface area contributed by atoms with E-state index in [9.17, 15) is 4.79 Å². The van der Waals surface area contributed by atoms with Gasteiger partial charge in [0.2, 0.25) is 0 Å². The maximum atomic E-state index is 12.6. The van der Waals surface area contributed by atoms with Crippen LogP contribution in [0.25, 0.3) is 0 Å². The zero-order chi connectivity index (χ0) is 17.4. The number of carbonyl (C=O) groups is 1. The lowest BCUT2D eigenvalue weighted by molar-refractivity contribution is 0.0217. The third-order valence-electron chi connectivity index (χ3n) is 5.42. The number of aromatic nitrogens is 1. The molecular formula is C19H23N3O2S. The number of carbonyl (C=O) groups excluding carboxylic acids is 1. The number of hydrogen-bond acceptors (Lipinski definition) is 5. The average molecular weight is 357 g/mol. The van der Waals surface area contributed by atoms with E-state index in [0.717, 1.165) is 15.7 Å². The summed E-state index contributed by atoms with van der Waals surface area (Å²) in [6.45, 7) is 6.45. The fourth-order valence-electron chi connectivity index (χ4n) is 3.97. The summed E-state index contributed by atoms with van der Waals surface area (Å²) >= 11 is 1.53. The average Bonchev–Trinajstić information content (AvgIpc) is 3.04. The van der Waals surface area contributed by atoms with E-state index >= 15 is 0 Å². The standard InChI is InChI=1S/C19H23N3O2S/c1-12-11-17(21-24-12)25-16-5-3-15(4-6-16)19(23)20-18-13(2)22-9-7-14(18)8-10-22/h3-6,11,13-14,18H,7-10H2,1-2H3,(H,20,23)/t13-,18-/m0/s1. The molecule has 0 aliphatic carbocycles. The summed E-state index contributed by atoms with van der Waals surface area (Å²) in [6.07, 6.45) is 2.39. The SMILES string of the molecule is Cc1cc(Sc2ccc(C(=O)N[C@@H]3C4CCN(CC4)[C@H]3C)cc2)no1. The van der Waals surface area contributed by atoms with Crippen molar-refractivity contribution in [2.24, 2.45) is 5.92 Å². The van der Waals surface area contributed by atoms with Gasteiger partial charge in [0.25, 0.3) is 5.91 Å². The van der Waals surface area contributed by atoms with E-state index in [-0.39, 0.29) is 11.9 Å². The Bertz CT molecular complexity index is 748. The first-order valence-corrected chi connectivity index (χ1v) is 9.68. The summed E-state index contributed by atoms with van der Waals surface area (Å²) in [7, 11) is 0. The molecule has 0 unspecified atom stereocenters. The monoisotopic (exact) mass is 357 g/mol. The minimum Gasteiger partial charge on any atom is -0.361 e. The molecular weight excluding hydrogens is 334 g/mol. The van der Waals surface area contributed by atoms with E-state index in [4.69, 9.17) is 4.52 Å². The van der Waals surface area contributed by atoms with Crippen molar-refractivity contribution in [3.8, 4) is 0 Å². The second-order valence-electron chi connectivity index (χ2n) is 7.02. The Hall–Kier alpha value is -1.79. The summed E-state index contributed by atoms with van der Waals surface area (Å²) < 4.78 is 5.08. The van der Waals surface area contributed by atoms with E-state index in [1.807, 2.05) is 37.3 Å². The number of benzene rings is 1. The molecule has 3 aliphatic rings. The molecule has 0 spiro atoms. The van der Waals surface area contributed by atoms with Crippen molar-refractivity contribution in [2.75, 3.05) is 13.1 Å². The highest BCUT2D eigenvalue weighted by Crippen LogP contribution is 2.32. The molecule has 1 amide bonds. The van der Waals surface area contributed by atoms with Crippen molar-refractivity contribution in [2.45, 2.75) is 48.7 Å². The van der Waals surface area contributed by atoms with Gasteiger partial charge >= 0.3 is 0 Å². The molecule has 5 nitrogen and oxygen atoms in total. The van der Waals surface area contributed by atoms with Crippen LogP contribution in [0, 0.1) is 12.8 Å². The summed E-state index contributed by atoms with van der Waals surface area (Å²) in [5, 5.41) is 8.08. The van der Waals surface area contributed by atoms with Crippen molar-refractivity contribution >= 4 is 17.7 Å². The molecule has 1 aromatic heterocycles. The first-order valence-electron chi connectivity index (χ1n) is 8.86. The Kier molecular flexibility index (Phi) is 4.56. The molecule has 5 rings (SSSR count). The van der Waals surface area contributed by atoms with Crippen molar-refractivity contribution in [3.05, 3.63) is 41.7 Å². The highest BCUT2D eigenvalue weighted by atomic mass is 32.2. The highest BCUT2D eigenvalue weighted by molar-refractivity contribution is 7.99. The van der Waals surface area contributed by atoms with Gasteiger partial charge in [-0.05, 0) is 70.0 Å². The lowest BCUT2D eigenvalue weighted by atomic mass is 9.79. The van der Waals surface area contributed by atoms with Crippen molar-refractivity contribution in [1.82, 2.24) is 15.4 Å². The Balaban J connectivity index is 1.40. The minimum absolute atomic E-state index is 0.0273. The number of piperidine rings is 3. The Morgan fingerprint density at radius 2 is 2.00 bits per heavy atom. The number of hydrogen-bond donors (Lipinski definition) is 1. The Morgan fingerprint density at radius 3 is 2.60 bits per heavy atom. The number of aryl methyl sites for hydroxylation is 1. The first-order chi connectivity index (χ1) is 12.1. The van der Waals surface area contributed by atoms with Gasteiger partial charge in [0.15, 0.2) is 0 Å². The van der Waals surface area contributed by atoms with Crippen LogP contribution in [0.4, 0.5) is 0 Å². The number of rotatable bonds is 4. The maximum Gasteiger partial charge on any atom is 0.251 e. The van der Waals surface area contributed by atoms with E-state index < -0.39 is 0 Å². The van der Waals surface area contributed by atoms with E-state index in [0.29, 0.717) is 17.5 Å². The largest absolute Gasteiger partial charge is 0.361 e. The van der Waals surface area contributed by atoms with Gasteiger partial charge in [0.1, 0.15) is 10.8 Å². The predicted molar refractivity (Wildman–Crippen MR) is 96.8 cm³/mol. The van der Waals surface area contributed by atoms with Crippen LogP contribution in [0.2, 0.25) is 0 Å². The van der Waals surface area contributed by atoms with Gasteiger partial charge in [-0.2, -0.15) is 0 Å². The maximum absolute atomic E-state index is 12.6. The van der Waals surface area contributed by atoms with Gasteiger partial charge < -0.3 is 9.84 Å². The van der Waals surface area contributed by atoms with Crippen molar-refractivity contribution in [3.63, 3.8) is 0 Å². The molecule has 3 saturated heterocycles. The fourth-order valence-corrected chi connectivity index (χ4v) is 4.78. The summed E-state index contributed by atoms with van der Waals surface area (Å²) in [6, 6.07) is 10.3. The topological polar surface area (TPSA) is 58.4 Å². The van der Waals surface area contributed by atoms with Crippen LogP contribution in [0.3, 0.4) is 0 Å². The molecule has 132 valence electrons. The predicted octanol–water partition coefficient (Wildman–Crippen LogP) is 3.35. The summed E-state index contributed by atoms with van der Waals surface area (Å²) in [4.78, 5) is 16.2. The van der Waals surface area contributed by atoms with E-state index in [1.165, 1.54) is 37.7 Å². The van der Waals surface area contributed by atoms with Crippen LogP contribution in [0.1, 0.15) is 35.9 Å². The van der Waals surface area contributed by atoms with Crippen molar-refractivity contribution < 1.29 is 9.32 Å². The van der Waals surface area contributed by atoms with Gasteiger partial charge in [0, 0.05) is 28.6 Å². The smallest absolute Gasteiger partial charge is 0.251 e. The normalized spacial score (nSPS) is 28.1. The molecule has 0 radical (unpaired) electrons. The molecule has 3 aliphatic heterocycles. The van der Waals surface area contributed by atoms with Gasteiger partial charge in [-0.25, -0.2) is 0 Å².